The number of nitrogens with two attached hydrogens (primary N) is 1. The van der Waals surface area contributed by atoms with Gasteiger partial charge in [-0.3, -0.25) is 16.3 Å². The van der Waals surface area contributed by atoms with Crippen LogP contribution in [0.4, 0.5) is 8.78 Å². The Morgan fingerprint density at radius 1 is 1.29 bits per heavy atom. The van der Waals surface area contributed by atoms with E-state index in [1.807, 2.05) is 6.07 Å². The van der Waals surface area contributed by atoms with Crippen LogP contribution in [0.25, 0.3) is 0 Å². The molecular formula is C14H14BrF2N3O. The van der Waals surface area contributed by atoms with E-state index in [4.69, 9.17) is 5.84 Å². The van der Waals surface area contributed by atoms with Gasteiger partial charge in [0.25, 0.3) is 0 Å². The molecule has 1 aromatic heterocycles. The monoisotopic (exact) mass is 357 g/mol. The van der Waals surface area contributed by atoms with Gasteiger partial charge in [-0.2, -0.15) is 8.78 Å². The molecule has 0 spiro atoms. The molecule has 7 heteroatoms. The molecule has 1 atom stereocenters. The Morgan fingerprint density at radius 2 is 2.10 bits per heavy atom. The summed E-state index contributed by atoms with van der Waals surface area (Å²) in [6.07, 6.45) is 3.99. The number of rotatable bonds is 6. The normalized spacial score (nSPS) is 12.4. The zero-order valence-electron chi connectivity index (χ0n) is 11.0. The van der Waals surface area contributed by atoms with Crippen molar-refractivity contribution < 1.29 is 13.5 Å². The van der Waals surface area contributed by atoms with Gasteiger partial charge in [0, 0.05) is 16.9 Å². The third kappa shape index (κ3) is 4.73. The van der Waals surface area contributed by atoms with E-state index < -0.39 is 6.61 Å². The van der Waals surface area contributed by atoms with Gasteiger partial charge in [0.1, 0.15) is 5.75 Å². The van der Waals surface area contributed by atoms with Gasteiger partial charge >= 0.3 is 6.61 Å². The predicted octanol–water partition coefficient (Wildman–Crippen LogP) is 3.19. The zero-order chi connectivity index (χ0) is 15.2. The number of halogens is 3. The number of alkyl halides is 2. The molecule has 0 aliphatic rings. The van der Waals surface area contributed by atoms with Crippen molar-refractivity contribution in [3.8, 4) is 5.75 Å². The summed E-state index contributed by atoms with van der Waals surface area (Å²) < 4.78 is 29.8. The molecule has 1 unspecified atom stereocenters. The molecule has 0 fully saturated rings. The third-order valence-electron chi connectivity index (χ3n) is 2.89. The highest BCUT2D eigenvalue weighted by atomic mass is 79.9. The minimum atomic E-state index is -2.85. The Hall–Kier alpha value is -1.57. The highest BCUT2D eigenvalue weighted by Gasteiger charge is 2.13. The van der Waals surface area contributed by atoms with Gasteiger partial charge in [-0.1, -0.05) is 12.1 Å². The fourth-order valence-corrected chi connectivity index (χ4v) is 2.40. The van der Waals surface area contributed by atoms with Gasteiger partial charge in [-0.05, 0) is 51.7 Å². The summed E-state index contributed by atoms with van der Waals surface area (Å²) in [7, 11) is 0. The van der Waals surface area contributed by atoms with Crippen molar-refractivity contribution in [2.45, 2.75) is 19.1 Å². The third-order valence-corrected chi connectivity index (χ3v) is 3.32. The number of ether oxygens (including phenoxy) is 1. The summed E-state index contributed by atoms with van der Waals surface area (Å²) in [6, 6.07) is 8.16. The van der Waals surface area contributed by atoms with Crippen LogP contribution in [0.15, 0.2) is 47.2 Å². The van der Waals surface area contributed by atoms with Crippen molar-refractivity contribution in [2.24, 2.45) is 5.84 Å². The van der Waals surface area contributed by atoms with Gasteiger partial charge in [0.15, 0.2) is 0 Å². The van der Waals surface area contributed by atoms with Crippen LogP contribution < -0.4 is 16.0 Å². The summed E-state index contributed by atoms with van der Waals surface area (Å²) in [6.45, 7) is -2.85. The van der Waals surface area contributed by atoms with Crippen LogP contribution in [-0.2, 0) is 6.42 Å². The molecule has 0 saturated carbocycles. The molecule has 2 rings (SSSR count). The average Bonchev–Trinajstić information content (AvgIpc) is 2.44. The lowest BCUT2D eigenvalue weighted by molar-refractivity contribution is -0.0499. The molecule has 4 nitrogen and oxygen atoms in total. The largest absolute Gasteiger partial charge is 0.435 e. The van der Waals surface area contributed by atoms with E-state index in [0.717, 1.165) is 15.6 Å². The molecule has 0 bridgehead atoms. The van der Waals surface area contributed by atoms with Crippen molar-refractivity contribution in [1.29, 1.82) is 0 Å². The van der Waals surface area contributed by atoms with E-state index in [2.05, 4.69) is 31.1 Å². The van der Waals surface area contributed by atoms with E-state index in [1.165, 1.54) is 6.07 Å². The SMILES string of the molecule is NNC(Cc1cncc(Br)c1)c1cccc(OC(F)F)c1. The number of benzene rings is 1. The maximum absolute atomic E-state index is 12.3. The van der Waals surface area contributed by atoms with E-state index in [9.17, 15) is 8.78 Å². The Morgan fingerprint density at radius 3 is 2.76 bits per heavy atom. The molecule has 21 heavy (non-hydrogen) atoms. The first-order chi connectivity index (χ1) is 10.1. The first kappa shape index (κ1) is 15.8. The number of pyridine rings is 1. The summed E-state index contributed by atoms with van der Waals surface area (Å²) >= 11 is 3.35. The number of hydrogen-bond acceptors (Lipinski definition) is 4. The summed E-state index contributed by atoms with van der Waals surface area (Å²) in [5.74, 6) is 5.68. The standard InChI is InChI=1S/C14H14BrF2N3O/c15-11-4-9(7-19-8-11)5-13(20-18)10-2-1-3-12(6-10)21-14(16)17/h1-4,6-8,13-14,20H,5,18H2. The maximum Gasteiger partial charge on any atom is 0.387 e. The van der Waals surface area contributed by atoms with Crippen LogP contribution in [0.3, 0.4) is 0 Å². The lowest BCUT2D eigenvalue weighted by Crippen LogP contribution is -2.29. The number of nitrogens with zero attached hydrogens (tertiary/aromatic N) is 1. The molecule has 3 N–H and O–H groups in total. The summed E-state index contributed by atoms with van der Waals surface area (Å²) in [5, 5.41) is 0. The first-order valence-corrected chi connectivity index (χ1v) is 6.98. The van der Waals surface area contributed by atoms with Gasteiger partial charge in [-0.15, -0.1) is 0 Å². The molecular weight excluding hydrogens is 344 g/mol. The van der Waals surface area contributed by atoms with Gasteiger partial charge in [-0.25, -0.2) is 0 Å². The Kier molecular flexibility index (Phi) is 5.60. The fraction of sp³-hybridized carbons (Fsp3) is 0.214. The molecule has 0 saturated heterocycles. The quantitative estimate of drug-likeness (QED) is 0.615. The highest BCUT2D eigenvalue weighted by molar-refractivity contribution is 9.10. The molecule has 1 heterocycles. The summed E-state index contributed by atoms with van der Waals surface area (Å²) in [5.41, 5.74) is 4.41. The number of hydrazine groups is 1. The predicted molar refractivity (Wildman–Crippen MR) is 78.8 cm³/mol. The second kappa shape index (κ2) is 7.44. The zero-order valence-corrected chi connectivity index (χ0v) is 12.6. The number of hydrogen-bond donors (Lipinski definition) is 2. The fourth-order valence-electron chi connectivity index (χ4n) is 1.98. The Balaban J connectivity index is 2.17. The highest BCUT2D eigenvalue weighted by Crippen LogP contribution is 2.23. The van der Waals surface area contributed by atoms with Crippen LogP contribution in [0.5, 0.6) is 5.75 Å². The van der Waals surface area contributed by atoms with E-state index in [-0.39, 0.29) is 11.8 Å². The minimum Gasteiger partial charge on any atom is -0.435 e. The Bertz CT molecular complexity index is 598. The molecule has 0 aliphatic carbocycles. The first-order valence-electron chi connectivity index (χ1n) is 6.19. The topological polar surface area (TPSA) is 60.2 Å². The lowest BCUT2D eigenvalue weighted by Gasteiger charge is -2.17. The average molecular weight is 358 g/mol. The second-order valence-corrected chi connectivity index (χ2v) is 5.30. The smallest absolute Gasteiger partial charge is 0.387 e. The second-order valence-electron chi connectivity index (χ2n) is 4.39. The van der Waals surface area contributed by atoms with Crippen molar-refractivity contribution in [3.63, 3.8) is 0 Å². The summed E-state index contributed by atoms with van der Waals surface area (Å²) in [4.78, 5) is 4.08. The molecule has 0 radical (unpaired) electrons. The molecule has 0 aliphatic heterocycles. The van der Waals surface area contributed by atoms with Crippen molar-refractivity contribution in [3.05, 3.63) is 58.3 Å². The molecule has 2 aromatic rings. The van der Waals surface area contributed by atoms with Gasteiger partial charge in [0.2, 0.25) is 0 Å². The lowest BCUT2D eigenvalue weighted by atomic mass is 10.0. The van der Waals surface area contributed by atoms with Crippen LogP contribution in [0.2, 0.25) is 0 Å². The minimum absolute atomic E-state index is 0.107. The molecule has 112 valence electrons. The van der Waals surface area contributed by atoms with Crippen LogP contribution in [0, 0.1) is 0 Å². The molecule has 1 aromatic carbocycles. The van der Waals surface area contributed by atoms with Gasteiger partial charge in [0.05, 0.1) is 6.04 Å². The number of aromatic nitrogens is 1. The maximum atomic E-state index is 12.3. The van der Waals surface area contributed by atoms with Crippen LogP contribution in [-0.4, -0.2) is 11.6 Å². The number of nitrogens with one attached hydrogen (secondary N) is 1. The van der Waals surface area contributed by atoms with E-state index in [1.54, 1.807) is 30.6 Å². The van der Waals surface area contributed by atoms with Crippen LogP contribution >= 0.6 is 15.9 Å². The Labute approximate surface area is 129 Å². The van der Waals surface area contributed by atoms with Gasteiger partial charge < -0.3 is 4.74 Å². The van der Waals surface area contributed by atoms with E-state index in [0.29, 0.717) is 6.42 Å². The van der Waals surface area contributed by atoms with Crippen molar-refractivity contribution >= 4 is 15.9 Å². The van der Waals surface area contributed by atoms with E-state index >= 15 is 0 Å². The van der Waals surface area contributed by atoms with Crippen molar-refractivity contribution in [1.82, 2.24) is 10.4 Å². The van der Waals surface area contributed by atoms with Crippen LogP contribution in [0.1, 0.15) is 17.2 Å². The molecule has 0 amide bonds. The van der Waals surface area contributed by atoms with Crippen molar-refractivity contribution in [2.75, 3.05) is 0 Å².